The molecule has 2 heterocycles. The van der Waals surface area contributed by atoms with Gasteiger partial charge in [-0.1, -0.05) is 6.92 Å². The Hall–Kier alpha value is -0.670. The Morgan fingerprint density at radius 2 is 2.19 bits per heavy atom. The molecule has 3 heteroatoms. The maximum atomic E-state index is 12.5. The van der Waals surface area contributed by atoms with Gasteiger partial charge >= 0.3 is 0 Å². The zero-order valence-electron chi connectivity index (χ0n) is 10.0. The summed E-state index contributed by atoms with van der Waals surface area (Å²) in [5.74, 6) is 0.362. The van der Waals surface area contributed by atoms with E-state index in [0.29, 0.717) is 5.78 Å². The second kappa shape index (κ2) is 4.68. The Morgan fingerprint density at radius 1 is 1.50 bits per heavy atom. The summed E-state index contributed by atoms with van der Waals surface area (Å²) in [6.45, 7) is 6.15. The van der Waals surface area contributed by atoms with Crippen LogP contribution in [0, 0.1) is 12.3 Å². The molecule has 0 unspecified atom stereocenters. The third-order valence-corrected chi connectivity index (χ3v) is 4.57. The predicted octanol–water partition coefficient (Wildman–Crippen LogP) is 3.02. The molecule has 0 bridgehead atoms. The predicted molar refractivity (Wildman–Crippen MR) is 68.2 cm³/mol. The number of piperidine rings is 1. The molecule has 1 fully saturated rings. The molecule has 16 heavy (non-hydrogen) atoms. The van der Waals surface area contributed by atoms with Crippen molar-refractivity contribution in [3.05, 3.63) is 21.9 Å². The van der Waals surface area contributed by atoms with Crippen LogP contribution in [0.2, 0.25) is 0 Å². The fraction of sp³-hybridized carbons (Fsp3) is 0.615. The molecular weight excluding hydrogens is 218 g/mol. The van der Waals surface area contributed by atoms with Crippen LogP contribution < -0.4 is 5.32 Å². The van der Waals surface area contributed by atoms with Crippen LogP contribution in [-0.4, -0.2) is 18.9 Å². The van der Waals surface area contributed by atoms with E-state index in [1.54, 1.807) is 11.3 Å². The van der Waals surface area contributed by atoms with Crippen LogP contribution in [0.5, 0.6) is 0 Å². The number of nitrogens with one attached hydrogen (secondary N) is 1. The van der Waals surface area contributed by atoms with Crippen LogP contribution in [0.3, 0.4) is 0 Å². The van der Waals surface area contributed by atoms with Crippen molar-refractivity contribution >= 4 is 17.1 Å². The quantitative estimate of drug-likeness (QED) is 0.819. The van der Waals surface area contributed by atoms with E-state index < -0.39 is 0 Å². The van der Waals surface area contributed by atoms with Crippen molar-refractivity contribution in [2.75, 3.05) is 13.1 Å². The van der Waals surface area contributed by atoms with Gasteiger partial charge in [0.05, 0.1) is 0 Å². The topological polar surface area (TPSA) is 29.1 Å². The Balaban J connectivity index is 2.24. The number of ketones is 1. The van der Waals surface area contributed by atoms with E-state index in [0.717, 1.165) is 37.9 Å². The number of carbonyl (C=O) groups excluding carboxylic acids is 1. The second-order valence-corrected chi connectivity index (χ2v) is 5.77. The lowest BCUT2D eigenvalue weighted by atomic mass is 9.71. The monoisotopic (exact) mass is 237 g/mol. The summed E-state index contributed by atoms with van der Waals surface area (Å²) in [6.07, 6.45) is 2.93. The van der Waals surface area contributed by atoms with Crippen LogP contribution in [-0.2, 0) is 0 Å². The van der Waals surface area contributed by atoms with E-state index >= 15 is 0 Å². The van der Waals surface area contributed by atoms with Crippen molar-refractivity contribution in [3.8, 4) is 0 Å². The summed E-state index contributed by atoms with van der Waals surface area (Å²) in [5.41, 5.74) is 0.824. The van der Waals surface area contributed by atoms with Crippen LogP contribution >= 0.6 is 11.3 Å². The van der Waals surface area contributed by atoms with Gasteiger partial charge in [0.25, 0.3) is 0 Å². The minimum Gasteiger partial charge on any atom is -0.317 e. The van der Waals surface area contributed by atoms with Gasteiger partial charge in [-0.25, -0.2) is 0 Å². The first kappa shape index (κ1) is 11.8. The zero-order valence-corrected chi connectivity index (χ0v) is 10.8. The lowest BCUT2D eigenvalue weighted by Crippen LogP contribution is -2.41. The molecule has 0 radical (unpaired) electrons. The standard InChI is InChI=1S/C13H19NOS/c1-3-13(4-6-14-7-5-13)12(15)11-8-10(2)16-9-11/h8-9,14H,3-7H2,1-2H3. The first-order chi connectivity index (χ1) is 7.68. The van der Waals surface area contributed by atoms with Gasteiger partial charge in [0.15, 0.2) is 5.78 Å². The van der Waals surface area contributed by atoms with Crippen molar-refractivity contribution in [1.29, 1.82) is 0 Å². The van der Waals surface area contributed by atoms with Crippen LogP contribution in [0.15, 0.2) is 11.4 Å². The van der Waals surface area contributed by atoms with Crippen molar-refractivity contribution in [2.24, 2.45) is 5.41 Å². The van der Waals surface area contributed by atoms with Gasteiger partial charge in [-0.3, -0.25) is 4.79 Å². The van der Waals surface area contributed by atoms with Gasteiger partial charge < -0.3 is 5.32 Å². The second-order valence-electron chi connectivity index (χ2n) is 4.66. The molecule has 1 N–H and O–H groups in total. The van der Waals surface area contributed by atoms with E-state index in [1.807, 2.05) is 11.4 Å². The highest BCUT2D eigenvalue weighted by Gasteiger charge is 2.38. The Bertz CT molecular complexity index is 377. The molecule has 0 saturated carbocycles. The van der Waals surface area contributed by atoms with Gasteiger partial charge in [-0.2, -0.15) is 0 Å². The Labute approximate surface area is 101 Å². The van der Waals surface area contributed by atoms with Crippen molar-refractivity contribution < 1.29 is 4.79 Å². The fourth-order valence-electron chi connectivity index (χ4n) is 2.52. The van der Waals surface area contributed by atoms with Gasteiger partial charge in [0.1, 0.15) is 0 Å². The van der Waals surface area contributed by atoms with Crippen molar-refractivity contribution in [2.45, 2.75) is 33.1 Å². The average molecular weight is 237 g/mol. The molecule has 1 aromatic heterocycles. The maximum absolute atomic E-state index is 12.5. The lowest BCUT2D eigenvalue weighted by molar-refractivity contribution is 0.0718. The Morgan fingerprint density at radius 3 is 2.69 bits per heavy atom. The van der Waals surface area contributed by atoms with Crippen LogP contribution in [0.4, 0.5) is 0 Å². The molecule has 1 aromatic rings. The van der Waals surface area contributed by atoms with E-state index in [9.17, 15) is 4.79 Å². The SMILES string of the molecule is CCC1(C(=O)c2csc(C)c2)CCNCC1. The maximum Gasteiger partial charge on any atom is 0.169 e. The number of thiophene rings is 1. The third-order valence-electron chi connectivity index (χ3n) is 3.71. The molecule has 2 rings (SSSR count). The highest BCUT2D eigenvalue weighted by molar-refractivity contribution is 7.10. The highest BCUT2D eigenvalue weighted by atomic mass is 32.1. The number of Topliss-reactive ketones (excluding diaryl/α,β-unsaturated/α-hetero) is 1. The lowest BCUT2D eigenvalue weighted by Gasteiger charge is -2.35. The van der Waals surface area contributed by atoms with E-state index in [1.165, 1.54) is 4.88 Å². The molecule has 1 aliphatic heterocycles. The molecule has 88 valence electrons. The summed E-state index contributed by atoms with van der Waals surface area (Å²) in [4.78, 5) is 13.8. The first-order valence-electron chi connectivity index (χ1n) is 5.98. The van der Waals surface area contributed by atoms with Gasteiger partial charge in [-0.15, -0.1) is 11.3 Å². The minimum absolute atomic E-state index is 0.0984. The molecule has 0 aliphatic carbocycles. The van der Waals surface area contributed by atoms with Gasteiger partial charge in [0.2, 0.25) is 0 Å². The minimum atomic E-state index is -0.0984. The summed E-state index contributed by atoms with van der Waals surface area (Å²) < 4.78 is 0. The Kier molecular flexibility index (Phi) is 3.45. The first-order valence-corrected chi connectivity index (χ1v) is 6.86. The van der Waals surface area contributed by atoms with Crippen LogP contribution in [0.25, 0.3) is 0 Å². The molecule has 2 nitrogen and oxygen atoms in total. The molecular formula is C13H19NOS. The summed E-state index contributed by atoms with van der Waals surface area (Å²) in [5, 5.41) is 5.35. The van der Waals surface area contributed by atoms with Gasteiger partial charge in [0, 0.05) is 21.2 Å². The highest BCUT2D eigenvalue weighted by Crippen LogP contribution is 2.36. The number of rotatable bonds is 3. The smallest absolute Gasteiger partial charge is 0.169 e. The normalized spacial score (nSPS) is 19.6. The molecule has 0 amide bonds. The zero-order chi connectivity index (χ0) is 11.6. The largest absolute Gasteiger partial charge is 0.317 e. The molecule has 0 aromatic carbocycles. The average Bonchev–Trinajstić information content (AvgIpc) is 2.76. The number of carbonyl (C=O) groups is 1. The van der Waals surface area contributed by atoms with E-state index in [4.69, 9.17) is 0 Å². The molecule has 1 saturated heterocycles. The molecule has 0 spiro atoms. The van der Waals surface area contributed by atoms with Crippen LogP contribution in [0.1, 0.15) is 41.4 Å². The van der Waals surface area contributed by atoms with Crippen molar-refractivity contribution in [1.82, 2.24) is 5.32 Å². The number of aryl methyl sites for hydroxylation is 1. The van der Waals surface area contributed by atoms with Crippen molar-refractivity contribution in [3.63, 3.8) is 0 Å². The van der Waals surface area contributed by atoms with E-state index in [-0.39, 0.29) is 5.41 Å². The number of hydrogen-bond donors (Lipinski definition) is 1. The molecule has 1 aliphatic rings. The molecule has 0 atom stereocenters. The van der Waals surface area contributed by atoms with E-state index in [2.05, 4.69) is 19.2 Å². The van der Waals surface area contributed by atoms with Gasteiger partial charge in [-0.05, 0) is 45.3 Å². The summed E-state index contributed by atoms with van der Waals surface area (Å²) >= 11 is 1.67. The summed E-state index contributed by atoms with van der Waals surface area (Å²) in [6, 6.07) is 2.03. The third kappa shape index (κ3) is 2.06. The number of hydrogen-bond acceptors (Lipinski definition) is 3. The summed E-state index contributed by atoms with van der Waals surface area (Å²) in [7, 11) is 0. The fourth-order valence-corrected chi connectivity index (χ4v) is 3.20.